The Morgan fingerprint density at radius 1 is 1.12 bits per heavy atom. The third-order valence-electron chi connectivity index (χ3n) is 4.79. The molecule has 1 unspecified atom stereocenters. The Morgan fingerprint density at radius 2 is 1.88 bits per heavy atom. The number of nitrogens with zero attached hydrogens (tertiary/aromatic N) is 1. The summed E-state index contributed by atoms with van der Waals surface area (Å²) in [7, 11) is 0. The Morgan fingerprint density at radius 3 is 2.59 bits per heavy atom. The SMILES string of the molecule is CCOC(=O)CC1C(=O)NCCN1C(=O)c1ccc(OCCOc2ccccc2)c(Br)c1. The maximum Gasteiger partial charge on any atom is 0.308 e. The topological polar surface area (TPSA) is 94.2 Å². The van der Waals surface area contributed by atoms with Crippen molar-refractivity contribution >= 4 is 33.7 Å². The van der Waals surface area contributed by atoms with Crippen molar-refractivity contribution in [3.8, 4) is 11.5 Å². The zero-order valence-corrected chi connectivity index (χ0v) is 19.3. The lowest BCUT2D eigenvalue weighted by Crippen LogP contribution is -2.57. The molecule has 170 valence electrons. The van der Waals surface area contributed by atoms with E-state index in [1.165, 1.54) is 4.90 Å². The van der Waals surface area contributed by atoms with Gasteiger partial charge in [0.2, 0.25) is 5.91 Å². The highest BCUT2D eigenvalue weighted by molar-refractivity contribution is 9.10. The van der Waals surface area contributed by atoms with E-state index in [1.54, 1.807) is 25.1 Å². The number of piperazine rings is 1. The molecule has 9 heteroatoms. The molecule has 1 fully saturated rings. The number of carbonyl (C=O) groups is 3. The van der Waals surface area contributed by atoms with E-state index < -0.39 is 12.0 Å². The average Bonchev–Trinajstić information content (AvgIpc) is 2.79. The van der Waals surface area contributed by atoms with E-state index in [-0.39, 0.29) is 24.8 Å². The molecule has 32 heavy (non-hydrogen) atoms. The highest BCUT2D eigenvalue weighted by Gasteiger charge is 2.35. The lowest BCUT2D eigenvalue weighted by Gasteiger charge is -2.34. The van der Waals surface area contributed by atoms with Crippen molar-refractivity contribution in [2.75, 3.05) is 32.9 Å². The van der Waals surface area contributed by atoms with Gasteiger partial charge < -0.3 is 24.4 Å². The fraction of sp³-hybridized carbons (Fsp3) is 0.348. The molecule has 1 aliphatic heterocycles. The first-order valence-electron chi connectivity index (χ1n) is 10.3. The van der Waals surface area contributed by atoms with Crippen LogP contribution in [0.2, 0.25) is 0 Å². The molecule has 1 atom stereocenters. The van der Waals surface area contributed by atoms with E-state index in [1.807, 2.05) is 30.3 Å². The molecule has 1 saturated heterocycles. The van der Waals surface area contributed by atoms with Gasteiger partial charge in [-0.05, 0) is 53.2 Å². The Kier molecular flexibility index (Phi) is 8.49. The molecule has 1 N–H and O–H groups in total. The molecular weight excluding hydrogens is 480 g/mol. The van der Waals surface area contributed by atoms with Crippen LogP contribution in [-0.2, 0) is 14.3 Å². The van der Waals surface area contributed by atoms with Crippen molar-refractivity contribution in [1.29, 1.82) is 0 Å². The quantitative estimate of drug-likeness (QED) is 0.416. The van der Waals surface area contributed by atoms with E-state index in [4.69, 9.17) is 14.2 Å². The minimum absolute atomic E-state index is 0.185. The zero-order valence-electron chi connectivity index (χ0n) is 17.7. The summed E-state index contributed by atoms with van der Waals surface area (Å²) in [5.41, 5.74) is 0.383. The average molecular weight is 505 g/mol. The number of esters is 1. The fourth-order valence-electron chi connectivity index (χ4n) is 3.28. The first-order chi connectivity index (χ1) is 15.5. The summed E-state index contributed by atoms with van der Waals surface area (Å²) in [6.07, 6.45) is -0.185. The van der Waals surface area contributed by atoms with Crippen molar-refractivity contribution in [3.05, 3.63) is 58.6 Å². The molecule has 1 aliphatic rings. The summed E-state index contributed by atoms with van der Waals surface area (Å²) in [5.74, 6) is 0.107. The number of carbonyl (C=O) groups excluding carboxylic acids is 3. The number of para-hydroxylation sites is 1. The van der Waals surface area contributed by atoms with Crippen LogP contribution >= 0.6 is 15.9 Å². The molecule has 1 heterocycles. The minimum Gasteiger partial charge on any atom is -0.490 e. The summed E-state index contributed by atoms with van der Waals surface area (Å²) < 4.78 is 16.9. The van der Waals surface area contributed by atoms with E-state index in [9.17, 15) is 14.4 Å². The second kappa shape index (κ2) is 11.5. The third-order valence-corrected chi connectivity index (χ3v) is 5.41. The number of hydrogen-bond acceptors (Lipinski definition) is 6. The van der Waals surface area contributed by atoms with Gasteiger partial charge in [-0.2, -0.15) is 0 Å². The van der Waals surface area contributed by atoms with Crippen LogP contribution in [0.3, 0.4) is 0 Å². The fourth-order valence-corrected chi connectivity index (χ4v) is 3.78. The third kappa shape index (κ3) is 6.23. The summed E-state index contributed by atoms with van der Waals surface area (Å²) in [4.78, 5) is 38.7. The van der Waals surface area contributed by atoms with Crippen molar-refractivity contribution < 1.29 is 28.6 Å². The van der Waals surface area contributed by atoms with Gasteiger partial charge >= 0.3 is 5.97 Å². The predicted octanol–water partition coefficient (Wildman–Crippen LogP) is 2.80. The maximum absolute atomic E-state index is 13.1. The van der Waals surface area contributed by atoms with Gasteiger partial charge in [-0.3, -0.25) is 14.4 Å². The molecule has 2 aromatic carbocycles. The zero-order chi connectivity index (χ0) is 22.9. The van der Waals surface area contributed by atoms with Crippen LogP contribution in [0.4, 0.5) is 0 Å². The van der Waals surface area contributed by atoms with Gasteiger partial charge in [-0.15, -0.1) is 0 Å². The predicted molar refractivity (Wildman–Crippen MR) is 121 cm³/mol. The van der Waals surface area contributed by atoms with Crippen molar-refractivity contribution in [2.24, 2.45) is 0 Å². The molecule has 8 nitrogen and oxygen atoms in total. The van der Waals surface area contributed by atoms with Gasteiger partial charge in [-0.25, -0.2) is 0 Å². The number of benzene rings is 2. The molecule has 0 aliphatic carbocycles. The van der Waals surface area contributed by atoms with E-state index in [2.05, 4.69) is 21.2 Å². The van der Waals surface area contributed by atoms with Crippen LogP contribution in [0.25, 0.3) is 0 Å². The number of nitrogens with one attached hydrogen (secondary N) is 1. The number of rotatable bonds is 9. The lowest BCUT2D eigenvalue weighted by atomic mass is 10.1. The van der Waals surface area contributed by atoms with Crippen LogP contribution in [0.5, 0.6) is 11.5 Å². The summed E-state index contributed by atoms with van der Waals surface area (Å²) in [6, 6.07) is 13.5. The molecule has 0 bridgehead atoms. The second-order valence-electron chi connectivity index (χ2n) is 6.97. The lowest BCUT2D eigenvalue weighted by molar-refractivity contribution is -0.147. The van der Waals surface area contributed by atoms with Crippen LogP contribution in [-0.4, -0.2) is 61.6 Å². The van der Waals surface area contributed by atoms with Crippen LogP contribution in [0.1, 0.15) is 23.7 Å². The second-order valence-corrected chi connectivity index (χ2v) is 7.82. The number of halogens is 1. The molecule has 2 amide bonds. The van der Waals surface area contributed by atoms with E-state index in [0.717, 1.165) is 5.75 Å². The number of hydrogen-bond donors (Lipinski definition) is 1. The van der Waals surface area contributed by atoms with Crippen LogP contribution in [0, 0.1) is 0 Å². The monoisotopic (exact) mass is 504 g/mol. The standard InChI is InChI=1S/C23H25BrN2O6/c1-2-30-21(27)15-19-22(28)25-10-11-26(19)23(29)16-8-9-20(18(24)14-16)32-13-12-31-17-6-4-3-5-7-17/h3-9,14,19H,2,10-13,15H2,1H3,(H,25,28). The number of amides is 2. The van der Waals surface area contributed by atoms with E-state index in [0.29, 0.717) is 42.1 Å². The Hall–Kier alpha value is -3.07. The molecule has 3 rings (SSSR count). The summed E-state index contributed by atoms with van der Waals surface area (Å²) in [6.45, 7) is 3.24. The first kappa shape index (κ1) is 23.6. The van der Waals surface area contributed by atoms with Gasteiger partial charge in [0.25, 0.3) is 5.91 Å². The van der Waals surface area contributed by atoms with E-state index >= 15 is 0 Å². The smallest absolute Gasteiger partial charge is 0.308 e. The Labute approximate surface area is 194 Å². The molecule has 0 radical (unpaired) electrons. The molecule has 2 aromatic rings. The van der Waals surface area contributed by atoms with Crippen LogP contribution < -0.4 is 14.8 Å². The Balaban J connectivity index is 1.61. The normalized spacial score (nSPS) is 15.6. The van der Waals surface area contributed by atoms with Crippen molar-refractivity contribution in [1.82, 2.24) is 10.2 Å². The largest absolute Gasteiger partial charge is 0.490 e. The first-order valence-corrected chi connectivity index (χ1v) is 11.1. The Bertz CT molecular complexity index is 953. The van der Waals surface area contributed by atoms with Gasteiger partial charge in [0, 0.05) is 18.7 Å². The summed E-state index contributed by atoms with van der Waals surface area (Å²) >= 11 is 3.43. The number of ether oxygens (including phenoxy) is 3. The van der Waals surface area contributed by atoms with Gasteiger partial charge in [0.1, 0.15) is 30.8 Å². The maximum atomic E-state index is 13.1. The van der Waals surface area contributed by atoms with Crippen molar-refractivity contribution in [2.45, 2.75) is 19.4 Å². The molecule has 0 saturated carbocycles. The highest BCUT2D eigenvalue weighted by Crippen LogP contribution is 2.27. The van der Waals surface area contributed by atoms with Crippen molar-refractivity contribution in [3.63, 3.8) is 0 Å². The van der Waals surface area contributed by atoms with Gasteiger partial charge in [-0.1, -0.05) is 18.2 Å². The molecule has 0 aromatic heterocycles. The molecule has 0 spiro atoms. The van der Waals surface area contributed by atoms with Crippen LogP contribution in [0.15, 0.2) is 53.0 Å². The minimum atomic E-state index is -0.903. The summed E-state index contributed by atoms with van der Waals surface area (Å²) in [5, 5.41) is 2.70. The van der Waals surface area contributed by atoms with Gasteiger partial charge in [0.05, 0.1) is 17.5 Å². The molecular formula is C23H25BrN2O6. The highest BCUT2D eigenvalue weighted by atomic mass is 79.9. The van der Waals surface area contributed by atoms with Gasteiger partial charge in [0.15, 0.2) is 0 Å².